The second-order valence-corrected chi connectivity index (χ2v) is 10.0. The number of nitrogens with zero attached hydrogens (tertiary/aromatic N) is 2. The molecule has 0 N–H and O–H groups in total. The van der Waals surface area contributed by atoms with Crippen LogP contribution in [0.15, 0.2) is 30.6 Å². The molecule has 0 aliphatic rings. The largest absolute Gasteiger partial charge is 0.488 e. The Morgan fingerprint density at radius 3 is 2.41 bits per heavy atom. The Morgan fingerprint density at radius 1 is 0.969 bits per heavy atom. The number of hydrogen-bond acceptors (Lipinski definition) is 3. The molecule has 3 nitrogen and oxygen atoms in total. The van der Waals surface area contributed by atoms with Crippen molar-refractivity contribution in [1.82, 2.24) is 9.38 Å². The number of unbranched alkanes of at least 4 members (excludes halogenated alkanes) is 8. The van der Waals surface area contributed by atoms with E-state index in [0.717, 1.165) is 35.5 Å². The van der Waals surface area contributed by atoms with Crippen molar-refractivity contribution in [2.24, 2.45) is 0 Å². The molecular weight excluding hydrogens is 419 g/mol. The standard InChI is InChI=1S/C27H39FN2OS/c1-4-6-8-10-11-13-15-23-19-30-20-25(29-27(30)32-23)22-16-17-26(24(28)18-22)31-21(3)14-12-9-7-5-2/h16-21H,4-15H2,1-3H3. The maximum Gasteiger partial charge on any atom is 0.194 e. The molecule has 3 rings (SSSR count). The Hall–Kier alpha value is -1.88. The van der Waals surface area contributed by atoms with Crippen LogP contribution in [0.5, 0.6) is 5.75 Å². The first-order chi connectivity index (χ1) is 15.6. The quantitative estimate of drug-likeness (QED) is 0.213. The Morgan fingerprint density at radius 2 is 1.69 bits per heavy atom. The second kappa shape index (κ2) is 13.0. The van der Waals surface area contributed by atoms with Crippen molar-refractivity contribution in [2.75, 3.05) is 0 Å². The number of thiazole rings is 1. The number of benzene rings is 1. The third-order valence-corrected chi connectivity index (χ3v) is 7.06. The molecule has 2 aromatic heterocycles. The van der Waals surface area contributed by atoms with Crippen LogP contribution < -0.4 is 4.74 Å². The molecule has 0 bridgehead atoms. The van der Waals surface area contributed by atoms with Gasteiger partial charge < -0.3 is 4.74 Å². The van der Waals surface area contributed by atoms with E-state index in [9.17, 15) is 4.39 Å². The molecule has 1 atom stereocenters. The first kappa shape index (κ1) is 24.8. The lowest BCUT2D eigenvalue weighted by Gasteiger charge is -2.15. The van der Waals surface area contributed by atoms with Gasteiger partial charge in [0.05, 0.1) is 11.8 Å². The number of halogens is 1. The van der Waals surface area contributed by atoms with Gasteiger partial charge in [-0.25, -0.2) is 9.37 Å². The highest BCUT2D eigenvalue weighted by Crippen LogP contribution is 2.29. The summed E-state index contributed by atoms with van der Waals surface area (Å²) >= 11 is 1.74. The number of hydrogen-bond donors (Lipinski definition) is 0. The zero-order chi connectivity index (χ0) is 22.8. The normalized spacial score (nSPS) is 12.5. The van der Waals surface area contributed by atoms with Gasteiger partial charge in [0, 0.05) is 22.8 Å². The van der Waals surface area contributed by atoms with E-state index in [1.807, 2.05) is 19.2 Å². The molecule has 0 aliphatic heterocycles. The molecule has 1 unspecified atom stereocenters. The fourth-order valence-electron chi connectivity index (χ4n) is 4.07. The topological polar surface area (TPSA) is 26.5 Å². The predicted octanol–water partition coefficient (Wildman–Crippen LogP) is 8.84. The number of rotatable bonds is 15. The number of ether oxygens (including phenoxy) is 1. The Bertz CT molecular complexity index is 917. The van der Waals surface area contributed by atoms with Crippen LogP contribution in [0.3, 0.4) is 0 Å². The van der Waals surface area contributed by atoms with Gasteiger partial charge in [0.15, 0.2) is 16.5 Å². The smallest absolute Gasteiger partial charge is 0.194 e. The third-order valence-electron chi connectivity index (χ3n) is 6.00. The van der Waals surface area contributed by atoms with Crippen LogP contribution >= 0.6 is 11.3 Å². The van der Waals surface area contributed by atoms with Crippen molar-refractivity contribution in [1.29, 1.82) is 0 Å². The highest BCUT2D eigenvalue weighted by atomic mass is 32.1. The number of imidazole rings is 1. The van der Waals surface area contributed by atoms with E-state index in [0.29, 0.717) is 5.75 Å². The molecule has 0 spiro atoms. The lowest BCUT2D eigenvalue weighted by atomic mass is 10.1. The van der Waals surface area contributed by atoms with Gasteiger partial charge in [0.1, 0.15) is 0 Å². The maximum atomic E-state index is 14.7. The fourth-order valence-corrected chi connectivity index (χ4v) is 5.07. The van der Waals surface area contributed by atoms with Crippen LogP contribution in [0.1, 0.15) is 96.3 Å². The van der Waals surface area contributed by atoms with Crippen molar-refractivity contribution < 1.29 is 9.13 Å². The van der Waals surface area contributed by atoms with E-state index < -0.39 is 0 Å². The zero-order valence-electron chi connectivity index (χ0n) is 20.0. The van der Waals surface area contributed by atoms with Gasteiger partial charge in [0.25, 0.3) is 0 Å². The van der Waals surface area contributed by atoms with Gasteiger partial charge in [-0.2, -0.15) is 0 Å². The van der Waals surface area contributed by atoms with E-state index in [1.54, 1.807) is 23.5 Å². The fraction of sp³-hybridized carbons (Fsp3) is 0.593. The molecular formula is C27H39FN2OS. The SMILES string of the molecule is CCCCCCCCc1cn2cc(-c3ccc(OC(C)CCCCCC)c(F)c3)nc2s1. The van der Waals surface area contributed by atoms with Crippen molar-refractivity contribution in [2.45, 2.75) is 104 Å². The van der Waals surface area contributed by atoms with Crippen LogP contribution in [0.25, 0.3) is 16.2 Å². The maximum absolute atomic E-state index is 14.7. The van der Waals surface area contributed by atoms with Crippen molar-refractivity contribution >= 4 is 16.3 Å². The minimum Gasteiger partial charge on any atom is -0.488 e. The first-order valence-electron chi connectivity index (χ1n) is 12.5. The number of aryl methyl sites for hydroxylation is 1. The molecule has 32 heavy (non-hydrogen) atoms. The predicted molar refractivity (Wildman–Crippen MR) is 134 cm³/mol. The summed E-state index contributed by atoms with van der Waals surface area (Å²) in [4.78, 5) is 7.08. The Balaban J connectivity index is 1.54. The van der Waals surface area contributed by atoms with Gasteiger partial charge >= 0.3 is 0 Å². The van der Waals surface area contributed by atoms with Gasteiger partial charge in [0.2, 0.25) is 0 Å². The van der Waals surface area contributed by atoms with Crippen molar-refractivity contribution in [3.63, 3.8) is 0 Å². The van der Waals surface area contributed by atoms with E-state index in [2.05, 4.69) is 24.4 Å². The van der Waals surface area contributed by atoms with Crippen molar-refractivity contribution in [3.8, 4) is 17.0 Å². The van der Waals surface area contributed by atoms with Gasteiger partial charge in [-0.05, 0) is 50.8 Å². The van der Waals surface area contributed by atoms with E-state index in [4.69, 9.17) is 9.72 Å². The monoisotopic (exact) mass is 458 g/mol. The van der Waals surface area contributed by atoms with E-state index >= 15 is 0 Å². The average molecular weight is 459 g/mol. The molecule has 5 heteroatoms. The molecule has 2 heterocycles. The van der Waals surface area contributed by atoms with Crippen LogP contribution in [0, 0.1) is 5.82 Å². The van der Waals surface area contributed by atoms with Crippen LogP contribution in [-0.2, 0) is 6.42 Å². The molecule has 0 amide bonds. The van der Waals surface area contributed by atoms with Crippen LogP contribution in [0.2, 0.25) is 0 Å². The highest BCUT2D eigenvalue weighted by molar-refractivity contribution is 7.17. The molecule has 3 aromatic rings. The summed E-state index contributed by atoms with van der Waals surface area (Å²) in [5.41, 5.74) is 1.60. The summed E-state index contributed by atoms with van der Waals surface area (Å²) in [6.45, 7) is 6.48. The average Bonchev–Trinajstić information content (AvgIpc) is 3.34. The molecule has 1 aromatic carbocycles. The summed E-state index contributed by atoms with van der Waals surface area (Å²) < 4.78 is 22.6. The summed E-state index contributed by atoms with van der Waals surface area (Å²) in [5.74, 6) is 0.0158. The van der Waals surface area contributed by atoms with Gasteiger partial charge in [-0.3, -0.25) is 4.40 Å². The number of aromatic nitrogens is 2. The number of fused-ring (bicyclic) bond motifs is 1. The second-order valence-electron chi connectivity index (χ2n) is 8.95. The first-order valence-corrected chi connectivity index (χ1v) is 13.4. The molecule has 176 valence electrons. The minimum absolute atomic E-state index is 0.0233. The Labute approximate surface area is 197 Å². The van der Waals surface area contributed by atoms with Crippen molar-refractivity contribution in [3.05, 3.63) is 41.3 Å². The Kier molecular flexibility index (Phi) is 10.0. The van der Waals surface area contributed by atoms with E-state index in [-0.39, 0.29) is 11.9 Å². The molecule has 0 radical (unpaired) electrons. The molecule has 0 fully saturated rings. The van der Waals surface area contributed by atoms with Crippen LogP contribution in [-0.4, -0.2) is 15.5 Å². The van der Waals surface area contributed by atoms with Gasteiger partial charge in [-0.1, -0.05) is 65.2 Å². The lowest BCUT2D eigenvalue weighted by molar-refractivity contribution is 0.197. The minimum atomic E-state index is -0.317. The summed E-state index contributed by atoms with van der Waals surface area (Å²) in [7, 11) is 0. The van der Waals surface area contributed by atoms with Gasteiger partial charge in [-0.15, -0.1) is 11.3 Å². The zero-order valence-corrected chi connectivity index (χ0v) is 20.9. The lowest BCUT2D eigenvalue weighted by Crippen LogP contribution is -2.12. The molecule has 0 aliphatic carbocycles. The summed E-state index contributed by atoms with van der Waals surface area (Å²) in [6.07, 6.45) is 19.0. The third kappa shape index (κ3) is 7.33. The highest BCUT2D eigenvalue weighted by Gasteiger charge is 2.13. The summed E-state index contributed by atoms with van der Waals surface area (Å²) in [5, 5.41) is 0. The van der Waals surface area contributed by atoms with E-state index in [1.165, 1.54) is 62.7 Å². The molecule has 0 saturated carbocycles. The van der Waals surface area contributed by atoms with Crippen LogP contribution in [0.4, 0.5) is 4.39 Å². The summed E-state index contributed by atoms with van der Waals surface area (Å²) in [6, 6.07) is 5.19. The molecule has 0 saturated heterocycles.